The predicted octanol–water partition coefficient (Wildman–Crippen LogP) is 5.40. The standard InChI is InChI=1S/C26H26N2O5/c1-5-33-26(30)28-16(2)21(15-27-19-11-10-17-8-6-7-9-18(17)12-19)25(29)20-13-23(31-3)24(32-4)14-22(20)28/h6-16,27H,5H2,1-4H3. The Morgan fingerprint density at radius 1 is 1.03 bits per heavy atom. The summed E-state index contributed by atoms with van der Waals surface area (Å²) in [5.74, 6) is 0.629. The predicted molar refractivity (Wildman–Crippen MR) is 128 cm³/mol. The Kier molecular flexibility index (Phi) is 6.22. The second kappa shape index (κ2) is 9.24. The Labute approximate surface area is 192 Å². The quantitative estimate of drug-likeness (QED) is 0.529. The topological polar surface area (TPSA) is 77.1 Å². The molecular weight excluding hydrogens is 420 g/mol. The first-order chi connectivity index (χ1) is 16.0. The van der Waals surface area contributed by atoms with Gasteiger partial charge in [-0.2, -0.15) is 0 Å². The number of hydrogen-bond acceptors (Lipinski definition) is 6. The third kappa shape index (κ3) is 4.09. The summed E-state index contributed by atoms with van der Waals surface area (Å²) in [6.45, 7) is 3.75. The molecule has 0 radical (unpaired) electrons. The molecule has 1 N–H and O–H groups in total. The normalized spacial score (nSPS) is 16.5. The number of amides is 1. The first-order valence-corrected chi connectivity index (χ1v) is 10.7. The van der Waals surface area contributed by atoms with Crippen molar-refractivity contribution in [3.8, 4) is 11.5 Å². The van der Waals surface area contributed by atoms with Crippen LogP contribution in [0, 0.1) is 0 Å². The number of Topliss-reactive ketones (excluding diaryl/α,β-unsaturated/α-hetero) is 1. The van der Waals surface area contributed by atoms with Gasteiger partial charge in [-0.1, -0.05) is 30.3 Å². The molecule has 33 heavy (non-hydrogen) atoms. The van der Waals surface area contributed by atoms with Gasteiger partial charge in [0.05, 0.1) is 38.1 Å². The molecule has 1 atom stereocenters. The maximum absolute atomic E-state index is 13.5. The Bertz CT molecular complexity index is 1250. The summed E-state index contributed by atoms with van der Waals surface area (Å²) in [4.78, 5) is 27.8. The van der Waals surface area contributed by atoms with E-state index in [0.717, 1.165) is 16.5 Å². The highest BCUT2D eigenvalue weighted by Gasteiger charge is 2.38. The zero-order chi connectivity index (χ0) is 23.5. The van der Waals surface area contributed by atoms with Crippen LogP contribution in [0.2, 0.25) is 0 Å². The number of ketones is 1. The molecule has 170 valence electrons. The molecule has 0 spiro atoms. The van der Waals surface area contributed by atoms with Crippen molar-refractivity contribution < 1.29 is 23.8 Å². The number of rotatable bonds is 5. The highest BCUT2D eigenvalue weighted by Crippen LogP contribution is 2.41. The zero-order valence-corrected chi connectivity index (χ0v) is 19.0. The van der Waals surface area contributed by atoms with Crippen LogP contribution in [0.1, 0.15) is 24.2 Å². The summed E-state index contributed by atoms with van der Waals surface area (Å²) in [6.07, 6.45) is 1.12. The monoisotopic (exact) mass is 446 g/mol. The van der Waals surface area contributed by atoms with Gasteiger partial charge < -0.3 is 19.5 Å². The van der Waals surface area contributed by atoms with Crippen molar-refractivity contribution >= 4 is 34.0 Å². The van der Waals surface area contributed by atoms with Gasteiger partial charge in [-0.25, -0.2) is 4.79 Å². The molecule has 0 bridgehead atoms. The average Bonchev–Trinajstić information content (AvgIpc) is 2.83. The molecule has 1 amide bonds. The number of hydrogen-bond donors (Lipinski definition) is 1. The lowest BCUT2D eigenvalue weighted by Gasteiger charge is -2.35. The van der Waals surface area contributed by atoms with Crippen LogP contribution in [0.3, 0.4) is 0 Å². The van der Waals surface area contributed by atoms with Gasteiger partial charge in [0.2, 0.25) is 0 Å². The summed E-state index contributed by atoms with van der Waals surface area (Å²) in [7, 11) is 3.01. The van der Waals surface area contributed by atoms with Gasteiger partial charge >= 0.3 is 6.09 Å². The van der Waals surface area contributed by atoms with E-state index < -0.39 is 12.1 Å². The van der Waals surface area contributed by atoms with E-state index in [-0.39, 0.29) is 12.4 Å². The Morgan fingerprint density at radius 3 is 2.42 bits per heavy atom. The minimum atomic E-state index is -0.560. The van der Waals surface area contributed by atoms with Crippen molar-refractivity contribution in [3.63, 3.8) is 0 Å². The number of fused-ring (bicyclic) bond motifs is 2. The highest BCUT2D eigenvalue weighted by molar-refractivity contribution is 6.18. The number of anilines is 2. The van der Waals surface area contributed by atoms with Crippen LogP contribution in [0.5, 0.6) is 11.5 Å². The van der Waals surface area contributed by atoms with Gasteiger partial charge in [0, 0.05) is 23.5 Å². The van der Waals surface area contributed by atoms with Crippen LogP contribution < -0.4 is 19.7 Å². The molecule has 7 heteroatoms. The minimum absolute atomic E-state index is 0.202. The number of benzene rings is 3. The number of methoxy groups -OCH3 is 2. The van der Waals surface area contributed by atoms with E-state index in [1.807, 2.05) is 42.5 Å². The molecule has 4 rings (SSSR count). The molecule has 3 aromatic rings. The molecule has 0 saturated carbocycles. The van der Waals surface area contributed by atoms with E-state index in [1.165, 1.54) is 19.1 Å². The molecule has 1 heterocycles. The fraction of sp³-hybridized carbons (Fsp3) is 0.231. The van der Waals surface area contributed by atoms with E-state index in [1.54, 1.807) is 32.2 Å². The van der Waals surface area contributed by atoms with Crippen LogP contribution in [0.25, 0.3) is 10.8 Å². The van der Waals surface area contributed by atoms with Crippen LogP contribution in [0.15, 0.2) is 66.4 Å². The largest absolute Gasteiger partial charge is 0.493 e. The maximum Gasteiger partial charge on any atom is 0.414 e. The van der Waals surface area contributed by atoms with Crippen molar-refractivity contribution in [3.05, 3.63) is 71.9 Å². The fourth-order valence-corrected chi connectivity index (χ4v) is 4.02. The molecule has 0 saturated heterocycles. The number of ether oxygens (including phenoxy) is 3. The smallest absolute Gasteiger partial charge is 0.414 e. The van der Waals surface area contributed by atoms with Gasteiger partial charge in [-0.3, -0.25) is 9.69 Å². The third-order valence-electron chi connectivity index (χ3n) is 5.71. The van der Waals surface area contributed by atoms with Gasteiger partial charge in [0.15, 0.2) is 17.3 Å². The van der Waals surface area contributed by atoms with Crippen LogP contribution in [-0.4, -0.2) is 38.7 Å². The Morgan fingerprint density at radius 2 is 1.73 bits per heavy atom. The summed E-state index contributed by atoms with van der Waals surface area (Å²) >= 11 is 0. The van der Waals surface area contributed by atoms with Gasteiger partial charge in [0.1, 0.15) is 0 Å². The van der Waals surface area contributed by atoms with Crippen molar-refractivity contribution in [2.45, 2.75) is 19.9 Å². The lowest BCUT2D eigenvalue weighted by Crippen LogP contribution is -2.46. The number of nitrogens with one attached hydrogen (secondary N) is 1. The van der Waals surface area contributed by atoms with Crippen molar-refractivity contribution in [2.75, 3.05) is 31.0 Å². The summed E-state index contributed by atoms with van der Waals surface area (Å²) in [5, 5.41) is 5.43. The second-order valence-corrected chi connectivity index (χ2v) is 7.60. The van der Waals surface area contributed by atoms with Crippen LogP contribution in [-0.2, 0) is 4.74 Å². The minimum Gasteiger partial charge on any atom is -0.493 e. The van der Waals surface area contributed by atoms with E-state index in [0.29, 0.717) is 28.3 Å². The number of nitrogens with zero attached hydrogens (tertiary/aromatic N) is 1. The summed E-state index contributed by atoms with van der Waals surface area (Å²) in [5.41, 5.74) is 2.02. The lowest BCUT2D eigenvalue weighted by molar-refractivity contribution is 0.102. The zero-order valence-electron chi connectivity index (χ0n) is 19.0. The van der Waals surface area contributed by atoms with Crippen molar-refractivity contribution in [2.24, 2.45) is 0 Å². The third-order valence-corrected chi connectivity index (χ3v) is 5.71. The van der Waals surface area contributed by atoms with E-state index in [9.17, 15) is 9.59 Å². The Hall–Kier alpha value is -4.00. The fourth-order valence-electron chi connectivity index (χ4n) is 4.02. The molecule has 1 unspecified atom stereocenters. The first-order valence-electron chi connectivity index (χ1n) is 10.7. The van der Waals surface area contributed by atoms with Gasteiger partial charge in [-0.15, -0.1) is 0 Å². The van der Waals surface area contributed by atoms with Crippen molar-refractivity contribution in [1.82, 2.24) is 0 Å². The molecule has 1 aliphatic heterocycles. The molecule has 3 aromatic carbocycles. The van der Waals surface area contributed by atoms with E-state index >= 15 is 0 Å². The lowest BCUT2D eigenvalue weighted by atomic mass is 9.90. The first kappa shape index (κ1) is 22.2. The number of carbonyl (C=O) groups excluding carboxylic acids is 2. The summed E-state index contributed by atoms with van der Waals surface area (Å²) < 4.78 is 16.1. The van der Waals surface area contributed by atoms with E-state index in [2.05, 4.69) is 5.32 Å². The van der Waals surface area contributed by atoms with Crippen LogP contribution in [0.4, 0.5) is 16.2 Å². The average molecular weight is 447 g/mol. The molecule has 7 nitrogen and oxygen atoms in total. The number of carbonyl (C=O) groups is 2. The molecule has 0 aromatic heterocycles. The van der Waals surface area contributed by atoms with Crippen molar-refractivity contribution in [1.29, 1.82) is 0 Å². The molecule has 0 aliphatic carbocycles. The Balaban J connectivity index is 1.77. The molecule has 0 fully saturated rings. The van der Waals surface area contributed by atoms with Gasteiger partial charge in [-0.05, 0) is 42.8 Å². The maximum atomic E-state index is 13.5. The van der Waals surface area contributed by atoms with E-state index in [4.69, 9.17) is 14.2 Å². The van der Waals surface area contributed by atoms with Gasteiger partial charge in [0.25, 0.3) is 0 Å². The molecule has 1 aliphatic rings. The van der Waals surface area contributed by atoms with Crippen LogP contribution >= 0.6 is 0 Å². The highest BCUT2D eigenvalue weighted by atomic mass is 16.6. The molecular formula is C26H26N2O5. The summed E-state index contributed by atoms with van der Waals surface area (Å²) in [6, 6.07) is 16.7. The SMILES string of the molecule is CCOC(=O)N1c2cc(OC)c(OC)cc2C(=O)C(=CNc2ccc3ccccc3c2)C1C. The second-order valence-electron chi connectivity index (χ2n) is 7.60.